The van der Waals surface area contributed by atoms with Crippen LogP contribution in [0.3, 0.4) is 0 Å². The molecule has 3 fully saturated rings. The summed E-state index contributed by atoms with van der Waals surface area (Å²) in [4.78, 5) is 25.5. The van der Waals surface area contributed by atoms with Crippen molar-refractivity contribution >= 4 is 14.2 Å². The molecular formula is C22H42N2O2Si. The van der Waals surface area contributed by atoms with Gasteiger partial charge in [-0.2, -0.15) is 0 Å². The van der Waals surface area contributed by atoms with E-state index in [0.29, 0.717) is 11.8 Å². The zero-order valence-corrected chi connectivity index (χ0v) is 18.7. The van der Waals surface area contributed by atoms with Crippen LogP contribution in [0.1, 0.15) is 64.2 Å². The summed E-state index contributed by atoms with van der Waals surface area (Å²) in [6.07, 6.45) is 12.2. The molecule has 0 spiro atoms. The first-order valence-electron chi connectivity index (χ1n) is 11.6. The maximum Gasteiger partial charge on any atom is 0.225 e. The van der Waals surface area contributed by atoms with E-state index in [1.54, 1.807) is 0 Å². The Morgan fingerprint density at radius 2 is 1.63 bits per heavy atom. The second kappa shape index (κ2) is 9.40. The summed E-state index contributed by atoms with van der Waals surface area (Å²) in [5, 5.41) is 0. The van der Waals surface area contributed by atoms with Gasteiger partial charge in [-0.1, -0.05) is 25.7 Å². The molecule has 2 saturated carbocycles. The van der Waals surface area contributed by atoms with Crippen molar-refractivity contribution in [2.45, 2.75) is 83.3 Å². The topological polar surface area (TPSA) is 66.6 Å². The van der Waals surface area contributed by atoms with E-state index in [1.807, 2.05) is 13.1 Å². The van der Waals surface area contributed by atoms with E-state index in [9.17, 15) is 9.59 Å². The Kier molecular flexibility index (Phi) is 7.42. The van der Waals surface area contributed by atoms with Crippen molar-refractivity contribution in [3.05, 3.63) is 0 Å². The van der Waals surface area contributed by atoms with E-state index in [-0.39, 0.29) is 5.92 Å². The summed E-state index contributed by atoms with van der Waals surface area (Å²) in [6, 6.07) is 0.961. The smallest absolute Gasteiger partial charge is 0.225 e. The van der Waals surface area contributed by atoms with E-state index in [4.69, 9.17) is 5.73 Å². The molecule has 0 aromatic carbocycles. The molecule has 27 heavy (non-hydrogen) atoms. The lowest BCUT2D eigenvalue weighted by atomic mass is 9.72. The molecule has 1 heterocycles. The van der Waals surface area contributed by atoms with Gasteiger partial charge in [0.05, 0.1) is 0 Å². The minimum absolute atomic E-state index is 0.216. The molecule has 0 aromatic rings. The highest BCUT2D eigenvalue weighted by atomic mass is 28.4. The molecule has 1 saturated heterocycles. The molecule has 4 nitrogen and oxygen atoms in total. The number of hydrogen-bond donors (Lipinski definition) is 2. The monoisotopic (exact) mass is 394 g/mol. The lowest BCUT2D eigenvalue weighted by Crippen LogP contribution is -2.44. The van der Waals surface area contributed by atoms with Crippen molar-refractivity contribution in [1.82, 2.24) is 4.90 Å². The third kappa shape index (κ3) is 6.04. The largest absolute Gasteiger partial charge is 0.432 e. The van der Waals surface area contributed by atoms with Gasteiger partial charge in [0.15, 0.2) is 8.32 Å². The van der Waals surface area contributed by atoms with E-state index >= 15 is 0 Å². The summed E-state index contributed by atoms with van der Waals surface area (Å²) in [6.45, 7) is 6.85. The Balaban J connectivity index is 1.46. The van der Waals surface area contributed by atoms with Crippen LogP contribution in [0, 0.1) is 29.6 Å². The van der Waals surface area contributed by atoms with Crippen molar-refractivity contribution in [2.75, 3.05) is 19.6 Å². The third-order valence-electron chi connectivity index (χ3n) is 7.59. The molecule has 1 aliphatic heterocycles. The quantitative estimate of drug-likeness (QED) is 0.693. The van der Waals surface area contributed by atoms with Crippen LogP contribution < -0.4 is 5.73 Å². The molecule has 4 atom stereocenters. The van der Waals surface area contributed by atoms with Gasteiger partial charge in [-0.25, -0.2) is 0 Å². The summed E-state index contributed by atoms with van der Waals surface area (Å²) < 4.78 is 0. The lowest BCUT2D eigenvalue weighted by Gasteiger charge is -2.41. The summed E-state index contributed by atoms with van der Waals surface area (Å²) in [5.74, 6) is 3.59. The van der Waals surface area contributed by atoms with Gasteiger partial charge in [0.25, 0.3) is 0 Å². The second-order valence-electron chi connectivity index (χ2n) is 10.4. The highest BCUT2D eigenvalue weighted by molar-refractivity contribution is 6.69. The predicted molar refractivity (Wildman–Crippen MR) is 114 cm³/mol. The van der Waals surface area contributed by atoms with Crippen LogP contribution in [-0.2, 0) is 4.79 Å². The summed E-state index contributed by atoms with van der Waals surface area (Å²) in [7, 11) is -2.02. The molecule has 0 radical (unpaired) electrons. The van der Waals surface area contributed by atoms with Gasteiger partial charge in [0.1, 0.15) is 0 Å². The Labute approximate surface area is 167 Å². The number of likely N-dealkylation sites (tertiary alicyclic amines) is 1. The number of carbonyl (C=O) groups is 1. The summed E-state index contributed by atoms with van der Waals surface area (Å²) in [5.41, 5.74) is 5.92. The zero-order valence-electron chi connectivity index (χ0n) is 17.7. The Morgan fingerprint density at radius 3 is 2.30 bits per heavy atom. The minimum atomic E-state index is -2.02. The van der Waals surface area contributed by atoms with E-state index in [0.717, 1.165) is 62.7 Å². The number of amides is 1. The van der Waals surface area contributed by atoms with Gasteiger partial charge in [-0.3, -0.25) is 4.79 Å². The number of nitrogens with two attached hydrogens (primary N) is 1. The fourth-order valence-electron chi connectivity index (χ4n) is 6.23. The van der Waals surface area contributed by atoms with Gasteiger partial charge in [0.2, 0.25) is 5.91 Å². The minimum Gasteiger partial charge on any atom is -0.432 e. The molecule has 3 N–H and O–H groups in total. The highest BCUT2D eigenvalue weighted by Crippen LogP contribution is 2.39. The molecule has 156 valence electrons. The predicted octanol–water partition coefficient (Wildman–Crippen LogP) is 3.99. The molecule has 5 heteroatoms. The van der Waals surface area contributed by atoms with Gasteiger partial charge < -0.3 is 15.4 Å². The SMILES string of the molecule is C[Si](C)(O)CC1CCCC(C(=O)N2CCC(C3CCCC(CN)C3)CC2)C1. The fraction of sp³-hybridized carbons (Fsp3) is 0.955. The highest BCUT2D eigenvalue weighted by Gasteiger charge is 2.36. The van der Waals surface area contributed by atoms with Crippen molar-refractivity contribution in [1.29, 1.82) is 0 Å². The first-order chi connectivity index (χ1) is 12.9. The number of nitrogens with zero attached hydrogens (tertiary/aromatic N) is 1. The van der Waals surface area contributed by atoms with Crippen LogP contribution in [0.15, 0.2) is 0 Å². The van der Waals surface area contributed by atoms with Gasteiger partial charge in [-0.05, 0) is 87.9 Å². The Bertz CT molecular complexity index is 485. The van der Waals surface area contributed by atoms with Gasteiger partial charge in [0, 0.05) is 19.0 Å². The maximum absolute atomic E-state index is 13.1. The molecular weight excluding hydrogens is 352 g/mol. The molecule has 4 unspecified atom stereocenters. The molecule has 3 rings (SSSR count). The average Bonchev–Trinajstić information content (AvgIpc) is 2.66. The standard InChI is InChI=1S/C22H42N2O2Si/c1-27(2,26)16-18-6-4-8-21(14-18)22(25)24-11-9-19(10-12-24)20-7-3-5-17(13-20)15-23/h17-21,26H,3-16,23H2,1-2H3. The molecule has 2 aliphatic carbocycles. The molecule has 3 aliphatic rings. The Morgan fingerprint density at radius 1 is 0.963 bits per heavy atom. The maximum atomic E-state index is 13.1. The molecule has 0 bridgehead atoms. The van der Waals surface area contributed by atoms with Crippen LogP contribution >= 0.6 is 0 Å². The van der Waals surface area contributed by atoms with E-state index in [1.165, 1.54) is 44.9 Å². The van der Waals surface area contributed by atoms with Crippen molar-refractivity contribution in [3.8, 4) is 0 Å². The normalized spacial score (nSPS) is 33.9. The first kappa shape index (κ1) is 21.3. The fourth-order valence-corrected chi connectivity index (χ4v) is 8.02. The van der Waals surface area contributed by atoms with Gasteiger partial charge >= 0.3 is 0 Å². The number of carbonyl (C=O) groups excluding carboxylic acids is 1. The van der Waals surface area contributed by atoms with Crippen LogP contribution in [-0.4, -0.2) is 43.6 Å². The third-order valence-corrected chi connectivity index (χ3v) is 9.17. The van der Waals surface area contributed by atoms with Crippen LogP contribution in [0.2, 0.25) is 19.1 Å². The zero-order chi connectivity index (χ0) is 19.4. The Hall–Kier alpha value is -0.393. The molecule has 0 aromatic heterocycles. The number of piperidine rings is 1. The van der Waals surface area contributed by atoms with Crippen LogP contribution in [0.25, 0.3) is 0 Å². The van der Waals surface area contributed by atoms with Crippen molar-refractivity contribution in [2.24, 2.45) is 35.3 Å². The second-order valence-corrected chi connectivity index (χ2v) is 14.5. The first-order valence-corrected chi connectivity index (χ1v) is 14.7. The number of rotatable bonds is 5. The van der Waals surface area contributed by atoms with Crippen molar-refractivity contribution in [3.63, 3.8) is 0 Å². The van der Waals surface area contributed by atoms with E-state index in [2.05, 4.69) is 4.90 Å². The molecule has 1 amide bonds. The van der Waals surface area contributed by atoms with Gasteiger partial charge in [-0.15, -0.1) is 0 Å². The lowest BCUT2D eigenvalue weighted by molar-refractivity contribution is -0.138. The summed E-state index contributed by atoms with van der Waals surface area (Å²) >= 11 is 0. The van der Waals surface area contributed by atoms with E-state index < -0.39 is 8.32 Å². The number of hydrogen-bond acceptors (Lipinski definition) is 3. The van der Waals surface area contributed by atoms with Crippen LogP contribution in [0.5, 0.6) is 0 Å². The average molecular weight is 395 g/mol. The van der Waals surface area contributed by atoms with Crippen molar-refractivity contribution < 1.29 is 9.59 Å². The van der Waals surface area contributed by atoms with Crippen LogP contribution in [0.4, 0.5) is 0 Å².